The van der Waals surface area contributed by atoms with E-state index in [1.807, 2.05) is 0 Å². The normalized spacial score (nSPS) is 11.6. The summed E-state index contributed by atoms with van der Waals surface area (Å²) in [6.07, 6.45) is -2.87. The summed E-state index contributed by atoms with van der Waals surface area (Å²) in [5, 5.41) is 0. The number of hydrogen-bond donors (Lipinski definition) is 2. The van der Waals surface area contributed by atoms with Crippen molar-refractivity contribution in [3.05, 3.63) is 83.4 Å². The fourth-order valence-electron chi connectivity index (χ4n) is 3.12. The van der Waals surface area contributed by atoms with Gasteiger partial charge in [-0.1, -0.05) is 12.1 Å². The van der Waals surface area contributed by atoms with Crippen LogP contribution in [0.2, 0.25) is 0 Å². The van der Waals surface area contributed by atoms with Crippen molar-refractivity contribution in [1.82, 2.24) is 0 Å². The molecule has 0 atom stereocenters. The molecule has 0 amide bonds. The zero-order valence-electron chi connectivity index (χ0n) is 19.2. The molecule has 0 aliphatic carbocycles. The Labute approximate surface area is 205 Å². The molecule has 0 unspecified atom stereocenters. The molecule has 3 aromatic carbocycles. The van der Waals surface area contributed by atoms with Crippen molar-refractivity contribution in [2.45, 2.75) is 13.1 Å². The first-order valence-corrected chi connectivity index (χ1v) is 10.7. The van der Waals surface area contributed by atoms with Crippen LogP contribution in [0, 0.1) is 0 Å². The summed E-state index contributed by atoms with van der Waals surface area (Å²) in [5.41, 5.74) is 14.0. The third kappa shape index (κ3) is 7.52. The van der Waals surface area contributed by atoms with Crippen molar-refractivity contribution in [2.75, 3.05) is 24.7 Å². The summed E-state index contributed by atoms with van der Waals surface area (Å²) < 4.78 is 51.7. The molecule has 0 bridgehead atoms. The van der Waals surface area contributed by atoms with E-state index in [0.29, 0.717) is 22.5 Å². The molecule has 188 valence electrons. The number of nitrogen functional groups attached to an aromatic ring is 2. The smallest absolute Gasteiger partial charge is 0.422 e. The Balaban J connectivity index is 1.74. The minimum atomic E-state index is -4.45. The Hall–Kier alpha value is -4.47. The van der Waals surface area contributed by atoms with Crippen LogP contribution in [0.4, 0.5) is 24.5 Å². The van der Waals surface area contributed by atoms with Gasteiger partial charge in [-0.2, -0.15) is 13.2 Å². The summed E-state index contributed by atoms with van der Waals surface area (Å²) in [6.45, 7) is 0.441. The highest BCUT2D eigenvalue weighted by Gasteiger charge is 2.28. The minimum absolute atomic E-state index is 0.0115. The van der Waals surface area contributed by atoms with Crippen LogP contribution in [-0.2, 0) is 9.53 Å². The minimum Gasteiger partial charge on any atom is -0.484 e. The van der Waals surface area contributed by atoms with Crippen LogP contribution in [0.5, 0.6) is 11.5 Å². The van der Waals surface area contributed by atoms with Gasteiger partial charge in [-0.3, -0.25) is 0 Å². The predicted octanol–water partition coefficient (Wildman–Crippen LogP) is 5.12. The highest BCUT2D eigenvalue weighted by molar-refractivity contribution is 6.22. The van der Waals surface area contributed by atoms with Gasteiger partial charge in [-0.25, -0.2) is 9.59 Å². The molecule has 0 heterocycles. The van der Waals surface area contributed by atoms with Crippen molar-refractivity contribution in [1.29, 1.82) is 0 Å². The van der Waals surface area contributed by atoms with Crippen molar-refractivity contribution < 1.29 is 37.0 Å². The number of carbonyl (C=O) groups excluding carboxylic acids is 2. The quantitative estimate of drug-likeness (QED) is 0.145. The van der Waals surface area contributed by atoms with Crippen LogP contribution in [0.25, 0.3) is 11.6 Å². The summed E-state index contributed by atoms with van der Waals surface area (Å²) in [5.74, 6) is -1.12. The monoisotopic (exact) mass is 500 g/mol. The van der Waals surface area contributed by atoms with Gasteiger partial charge < -0.3 is 25.7 Å². The number of anilines is 2. The van der Waals surface area contributed by atoms with E-state index in [-0.39, 0.29) is 29.2 Å². The molecule has 0 saturated carbocycles. The van der Waals surface area contributed by atoms with E-state index in [1.165, 1.54) is 36.4 Å². The number of halogens is 3. The first-order chi connectivity index (χ1) is 17.0. The van der Waals surface area contributed by atoms with Gasteiger partial charge in [0, 0.05) is 11.4 Å². The molecule has 0 fully saturated rings. The van der Waals surface area contributed by atoms with Crippen molar-refractivity contribution in [2.24, 2.45) is 0 Å². The maximum absolute atomic E-state index is 12.6. The van der Waals surface area contributed by atoms with Crippen LogP contribution < -0.4 is 20.9 Å². The van der Waals surface area contributed by atoms with Gasteiger partial charge in [-0.15, -0.1) is 0 Å². The van der Waals surface area contributed by atoms with Gasteiger partial charge in [0.15, 0.2) is 6.61 Å². The number of ether oxygens (including phenoxy) is 3. The summed E-state index contributed by atoms with van der Waals surface area (Å²) >= 11 is 0. The zero-order chi connectivity index (χ0) is 26.3. The largest absolute Gasteiger partial charge is 0.484 e. The lowest BCUT2D eigenvalue weighted by molar-refractivity contribution is -0.153. The van der Waals surface area contributed by atoms with E-state index in [4.69, 9.17) is 20.9 Å². The SMILES string of the molecule is CCOC(=O)C(=Cc1ccc(C(=O)Oc2ccc(OCC(F)(F)F)cc2)cc1)c1cc(N)cc(N)c1. The summed E-state index contributed by atoms with van der Waals surface area (Å²) in [4.78, 5) is 25.0. The Morgan fingerprint density at radius 1 is 0.861 bits per heavy atom. The van der Waals surface area contributed by atoms with Gasteiger partial charge in [0.1, 0.15) is 11.5 Å². The molecule has 36 heavy (non-hydrogen) atoms. The number of rotatable bonds is 8. The number of hydrogen-bond acceptors (Lipinski definition) is 7. The van der Waals surface area contributed by atoms with Gasteiger partial charge >= 0.3 is 18.1 Å². The van der Waals surface area contributed by atoms with E-state index >= 15 is 0 Å². The third-order valence-corrected chi connectivity index (χ3v) is 4.68. The van der Waals surface area contributed by atoms with Crippen LogP contribution in [0.15, 0.2) is 66.7 Å². The Bertz CT molecular complexity index is 1230. The number of benzene rings is 3. The Kier molecular flexibility index (Phi) is 8.21. The summed E-state index contributed by atoms with van der Waals surface area (Å²) in [7, 11) is 0. The molecular weight excluding hydrogens is 477 g/mol. The number of nitrogens with two attached hydrogens (primary N) is 2. The Morgan fingerprint density at radius 2 is 1.44 bits per heavy atom. The molecule has 0 radical (unpaired) electrons. The molecule has 3 aromatic rings. The lowest BCUT2D eigenvalue weighted by Crippen LogP contribution is -2.19. The fraction of sp³-hybridized carbons (Fsp3) is 0.154. The van der Waals surface area contributed by atoms with Crippen LogP contribution >= 0.6 is 0 Å². The first-order valence-electron chi connectivity index (χ1n) is 10.7. The van der Waals surface area contributed by atoms with Crippen LogP contribution in [-0.4, -0.2) is 31.3 Å². The fourth-order valence-corrected chi connectivity index (χ4v) is 3.12. The molecular formula is C26H23F3N2O5. The maximum atomic E-state index is 12.6. The Morgan fingerprint density at radius 3 is 2.00 bits per heavy atom. The van der Waals surface area contributed by atoms with Crippen molar-refractivity contribution >= 4 is 35.0 Å². The van der Waals surface area contributed by atoms with Gasteiger partial charge in [0.2, 0.25) is 0 Å². The number of esters is 2. The molecule has 0 aromatic heterocycles. The van der Waals surface area contributed by atoms with Crippen LogP contribution in [0.1, 0.15) is 28.4 Å². The second kappa shape index (κ2) is 11.3. The third-order valence-electron chi connectivity index (χ3n) is 4.68. The van der Waals surface area contributed by atoms with Gasteiger partial charge in [0.25, 0.3) is 0 Å². The maximum Gasteiger partial charge on any atom is 0.422 e. The molecule has 7 nitrogen and oxygen atoms in total. The molecule has 4 N–H and O–H groups in total. The standard InChI is InChI=1S/C26H23F3N2O5/c1-2-34-25(33)23(18-12-19(30)14-20(31)13-18)11-16-3-5-17(6-4-16)24(32)36-22-9-7-21(8-10-22)35-15-26(27,28)29/h3-14H,2,15,30-31H2,1H3. The second-order valence-corrected chi connectivity index (χ2v) is 7.55. The predicted molar refractivity (Wildman–Crippen MR) is 129 cm³/mol. The van der Waals surface area contributed by atoms with Gasteiger partial charge in [0.05, 0.1) is 17.7 Å². The second-order valence-electron chi connectivity index (χ2n) is 7.55. The highest BCUT2D eigenvalue weighted by Crippen LogP contribution is 2.26. The van der Waals surface area contributed by atoms with Gasteiger partial charge in [-0.05, 0) is 78.7 Å². The number of carbonyl (C=O) groups is 2. The van der Waals surface area contributed by atoms with Crippen molar-refractivity contribution in [3.63, 3.8) is 0 Å². The molecule has 0 spiro atoms. The zero-order valence-corrected chi connectivity index (χ0v) is 19.2. The topological polar surface area (TPSA) is 114 Å². The molecule has 3 rings (SSSR count). The summed E-state index contributed by atoms with van der Waals surface area (Å²) in [6, 6.07) is 16.2. The van der Waals surface area contributed by atoms with E-state index in [1.54, 1.807) is 43.3 Å². The van der Waals surface area contributed by atoms with E-state index in [0.717, 1.165) is 0 Å². The molecule has 0 saturated heterocycles. The van der Waals surface area contributed by atoms with E-state index in [9.17, 15) is 22.8 Å². The lowest BCUT2D eigenvalue weighted by atomic mass is 10.0. The average Bonchev–Trinajstić information content (AvgIpc) is 2.81. The van der Waals surface area contributed by atoms with Crippen LogP contribution in [0.3, 0.4) is 0 Å². The molecule has 0 aliphatic rings. The number of alkyl halides is 3. The first kappa shape index (κ1) is 26.1. The van der Waals surface area contributed by atoms with E-state index in [2.05, 4.69) is 4.74 Å². The average molecular weight is 500 g/mol. The van der Waals surface area contributed by atoms with E-state index < -0.39 is 24.7 Å². The lowest BCUT2D eigenvalue weighted by Gasteiger charge is -2.10. The van der Waals surface area contributed by atoms with Crippen molar-refractivity contribution in [3.8, 4) is 11.5 Å². The highest BCUT2D eigenvalue weighted by atomic mass is 19.4. The molecule has 10 heteroatoms. The molecule has 0 aliphatic heterocycles.